The number of amides is 2. The molecular formula is C34H44N2O2S3. The zero-order chi connectivity index (χ0) is 29.8. The Balaban J connectivity index is 1.62. The Morgan fingerprint density at radius 1 is 0.561 bits per heavy atom. The van der Waals surface area contributed by atoms with E-state index in [1.165, 1.54) is 16.7 Å². The smallest absolute Gasteiger partial charge is 0.236 e. The molecule has 4 nitrogen and oxygen atoms in total. The lowest BCUT2D eigenvalue weighted by atomic mass is 9.90. The first-order valence-electron chi connectivity index (χ1n) is 14.0. The van der Waals surface area contributed by atoms with Crippen molar-refractivity contribution in [3.63, 3.8) is 0 Å². The van der Waals surface area contributed by atoms with Crippen LogP contribution >= 0.6 is 35.3 Å². The van der Waals surface area contributed by atoms with E-state index in [0.717, 1.165) is 17.3 Å². The molecule has 0 aliphatic carbocycles. The topological polar surface area (TPSA) is 58.2 Å². The van der Waals surface area contributed by atoms with Crippen LogP contribution in [0.2, 0.25) is 0 Å². The quantitative estimate of drug-likeness (QED) is 0.164. The molecule has 3 rings (SSSR count). The summed E-state index contributed by atoms with van der Waals surface area (Å²) in [6.07, 6.45) is 0. The predicted molar refractivity (Wildman–Crippen MR) is 180 cm³/mol. The second kappa shape index (κ2) is 15.8. The zero-order valence-corrected chi connectivity index (χ0v) is 27.4. The monoisotopic (exact) mass is 608 g/mol. The molecule has 0 radical (unpaired) electrons. The van der Waals surface area contributed by atoms with Crippen molar-refractivity contribution >= 4 is 47.1 Å². The van der Waals surface area contributed by atoms with E-state index in [1.807, 2.05) is 54.6 Å². The molecule has 0 saturated heterocycles. The average Bonchev–Trinajstić information content (AvgIpc) is 2.98. The predicted octanol–water partition coefficient (Wildman–Crippen LogP) is 7.58. The van der Waals surface area contributed by atoms with Crippen molar-refractivity contribution in [1.29, 1.82) is 0 Å². The summed E-state index contributed by atoms with van der Waals surface area (Å²) >= 11 is 5.22. The van der Waals surface area contributed by atoms with Crippen molar-refractivity contribution < 1.29 is 9.59 Å². The van der Waals surface area contributed by atoms with Gasteiger partial charge in [-0.15, -0.1) is 23.5 Å². The number of hydrogen-bond donors (Lipinski definition) is 2. The van der Waals surface area contributed by atoms with Gasteiger partial charge in [-0.3, -0.25) is 9.59 Å². The van der Waals surface area contributed by atoms with Crippen LogP contribution in [0.1, 0.15) is 51.3 Å². The molecule has 0 aliphatic rings. The van der Waals surface area contributed by atoms with Crippen LogP contribution in [0.4, 0.5) is 0 Å². The van der Waals surface area contributed by atoms with Gasteiger partial charge in [0, 0.05) is 45.6 Å². The van der Waals surface area contributed by atoms with Crippen molar-refractivity contribution in [3.8, 4) is 0 Å². The van der Waals surface area contributed by atoms with Gasteiger partial charge in [-0.2, -0.15) is 11.8 Å². The van der Waals surface area contributed by atoms with E-state index in [-0.39, 0.29) is 21.3 Å². The van der Waals surface area contributed by atoms with E-state index < -0.39 is 5.41 Å². The van der Waals surface area contributed by atoms with Gasteiger partial charge in [0.05, 0.1) is 0 Å². The summed E-state index contributed by atoms with van der Waals surface area (Å²) in [6, 6.07) is 30.9. The van der Waals surface area contributed by atoms with Crippen LogP contribution in [0.15, 0.2) is 91.0 Å². The van der Waals surface area contributed by atoms with Crippen LogP contribution in [0.3, 0.4) is 0 Å². The lowest BCUT2D eigenvalue weighted by molar-refractivity contribution is -0.141. The van der Waals surface area contributed by atoms with Gasteiger partial charge in [0.15, 0.2) is 0 Å². The first-order valence-corrected chi connectivity index (χ1v) is 17.2. The van der Waals surface area contributed by atoms with Gasteiger partial charge in [0.1, 0.15) is 5.41 Å². The second-order valence-corrected chi connectivity index (χ2v) is 16.1. The highest BCUT2D eigenvalue weighted by Gasteiger charge is 2.42. The maximum absolute atomic E-state index is 13.7. The lowest BCUT2D eigenvalue weighted by Gasteiger charge is -2.32. The highest BCUT2D eigenvalue weighted by atomic mass is 32.2. The van der Waals surface area contributed by atoms with Crippen LogP contribution in [0, 0.1) is 5.41 Å². The van der Waals surface area contributed by atoms with Gasteiger partial charge in [-0.05, 0) is 51.3 Å². The molecule has 0 atom stereocenters. The summed E-state index contributed by atoms with van der Waals surface area (Å²) in [4.78, 5) is 27.4. The Hall–Kier alpha value is -2.35. The maximum atomic E-state index is 13.7. The van der Waals surface area contributed by atoms with E-state index in [4.69, 9.17) is 0 Å². The normalized spacial score (nSPS) is 12.1. The van der Waals surface area contributed by atoms with Gasteiger partial charge in [0.25, 0.3) is 0 Å². The fourth-order valence-electron chi connectivity index (χ4n) is 3.97. The third-order valence-electron chi connectivity index (χ3n) is 6.80. The highest BCUT2D eigenvalue weighted by molar-refractivity contribution is 8.00. The SMILES string of the molecule is CC(C)(CNC(=O)C(C)(CSCc1ccccc1)C(=O)NCC(C)(C)SCc1ccccc1)SCc1ccccc1. The molecule has 2 N–H and O–H groups in total. The summed E-state index contributed by atoms with van der Waals surface area (Å²) < 4.78 is -0.369. The van der Waals surface area contributed by atoms with E-state index in [9.17, 15) is 9.59 Å². The van der Waals surface area contributed by atoms with E-state index in [1.54, 1.807) is 42.2 Å². The fraction of sp³-hybridized carbons (Fsp3) is 0.412. The molecule has 0 aliphatic heterocycles. The van der Waals surface area contributed by atoms with Crippen molar-refractivity contribution in [3.05, 3.63) is 108 Å². The molecule has 0 saturated carbocycles. The molecule has 0 fully saturated rings. The van der Waals surface area contributed by atoms with Crippen LogP contribution in [-0.2, 0) is 26.8 Å². The summed E-state index contributed by atoms with van der Waals surface area (Å²) in [5.74, 6) is 2.42. The summed E-state index contributed by atoms with van der Waals surface area (Å²) in [5, 5.41) is 6.27. The number of carbonyl (C=O) groups excluding carboxylic acids is 2. The molecule has 3 aromatic carbocycles. The first-order chi connectivity index (χ1) is 19.5. The molecule has 7 heteroatoms. The number of benzene rings is 3. The summed E-state index contributed by atoms with van der Waals surface area (Å²) in [6.45, 7) is 11.3. The van der Waals surface area contributed by atoms with E-state index in [0.29, 0.717) is 18.8 Å². The molecular weight excluding hydrogens is 565 g/mol. The zero-order valence-electron chi connectivity index (χ0n) is 24.9. The van der Waals surface area contributed by atoms with Crippen LogP contribution in [0.5, 0.6) is 0 Å². The van der Waals surface area contributed by atoms with Crippen LogP contribution < -0.4 is 10.6 Å². The molecule has 0 unspecified atom stereocenters. The molecule has 2 amide bonds. The van der Waals surface area contributed by atoms with E-state index >= 15 is 0 Å². The summed E-state index contributed by atoms with van der Waals surface area (Å²) in [5.41, 5.74) is 2.50. The Morgan fingerprint density at radius 3 is 1.27 bits per heavy atom. The number of nitrogens with one attached hydrogen (secondary N) is 2. The molecule has 0 aromatic heterocycles. The van der Waals surface area contributed by atoms with Crippen molar-refractivity contribution in [2.75, 3.05) is 18.8 Å². The standard InChI is InChI=1S/C34H44N2O2S3/c1-32(2,40-22-28-17-11-7-12-18-28)24-35-30(37)34(5,26-39-21-27-15-9-6-10-16-27)31(38)36-25-33(3,4)41-23-29-19-13-8-14-20-29/h6-20H,21-26H2,1-5H3,(H,35,37)(H,36,38). The molecule has 0 bridgehead atoms. The fourth-order valence-corrected chi connectivity index (χ4v) is 7.01. The number of hydrogen-bond acceptors (Lipinski definition) is 5. The van der Waals surface area contributed by atoms with Crippen molar-refractivity contribution in [2.45, 2.75) is 61.4 Å². The van der Waals surface area contributed by atoms with Crippen LogP contribution in [0.25, 0.3) is 0 Å². The Morgan fingerprint density at radius 2 is 0.902 bits per heavy atom. The number of thioether (sulfide) groups is 3. The number of carbonyl (C=O) groups is 2. The van der Waals surface area contributed by atoms with Crippen molar-refractivity contribution in [1.82, 2.24) is 10.6 Å². The minimum Gasteiger partial charge on any atom is -0.354 e. The number of rotatable bonds is 16. The minimum atomic E-state index is -1.19. The molecule has 0 spiro atoms. The average molecular weight is 609 g/mol. The maximum Gasteiger partial charge on any atom is 0.236 e. The minimum absolute atomic E-state index is 0.184. The molecule has 3 aromatic rings. The Labute approximate surface area is 259 Å². The van der Waals surface area contributed by atoms with Gasteiger partial charge in [0.2, 0.25) is 11.8 Å². The van der Waals surface area contributed by atoms with E-state index in [2.05, 4.69) is 74.7 Å². The van der Waals surface area contributed by atoms with Crippen molar-refractivity contribution in [2.24, 2.45) is 5.41 Å². The largest absolute Gasteiger partial charge is 0.354 e. The lowest BCUT2D eigenvalue weighted by Crippen LogP contribution is -2.54. The third-order valence-corrected chi connectivity index (χ3v) is 10.9. The van der Waals surface area contributed by atoms with Gasteiger partial charge in [-0.1, -0.05) is 91.0 Å². The Bertz CT molecular complexity index is 1150. The van der Waals surface area contributed by atoms with Crippen LogP contribution in [-0.4, -0.2) is 40.2 Å². The van der Waals surface area contributed by atoms with Gasteiger partial charge in [-0.25, -0.2) is 0 Å². The van der Waals surface area contributed by atoms with Gasteiger partial charge < -0.3 is 10.6 Å². The molecule has 0 heterocycles. The Kier molecular flexibility index (Phi) is 12.7. The van der Waals surface area contributed by atoms with Gasteiger partial charge >= 0.3 is 0 Å². The molecule has 220 valence electrons. The second-order valence-electron chi connectivity index (χ2n) is 11.7. The molecule has 41 heavy (non-hydrogen) atoms. The summed E-state index contributed by atoms with van der Waals surface area (Å²) in [7, 11) is 0. The third kappa shape index (κ3) is 11.4. The highest BCUT2D eigenvalue weighted by Crippen LogP contribution is 2.31. The first kappa shape index (κ1) is 33.2.